The molecule has 1 aromatic rings. The fraction of sp³-hybridized carbons (Fsp3) is 0.700. The van der Waals surface area contributed by atoms with E-state index in [4.69, 9.17) is 4.74 Å². The minimum Gasteiger partial charge on any atom is -0.381 e. The van der Waals surface area contributed by atoms with Gasteiger partial charge in [-0.1, -0.05) is 0 Å². The molecule has 4 nitrogen and oxygen atoms in total. The Morgan fingerprint density at radius 3 is 2.93 bits per heavy atom. The third-order valence-corrected chi connectivity index (χ3v) is 2.84. The summed E-state index contributed by atoms with van der Waals surface area (Å²) < 4.78 is 7.02. The van der Waals surface area contributed by atoms with Crippen LogP contribution in [-0.4, -0.2) is 22.8 Å². The van der Waals surface area contributed by atoms with E-state index in [1.165, 1.54) is 0 Å². The minimum absolute atomic E-state index is 0.00272. The zero-order chi connectivity index (χ0) is 9.80. The average molecular weight is 196 g/mol. The summed E-state index contributed by atoms with van der Waals surface area (Å²) in [5.41, 5.74) is -0.00272. The maximum Gasteiger partial charge on any atom is 0.325 e. The van der Waals surface area contributed by atoms with Gasteiger partial charge in [-0.05, 0) is 25.2 Å². The van der Waals surface area contributed by atoms with Gasteiger partial charge >= 0.3 is 5.69 Å². The number of aromatic amines is 1. The third kappa shape index (κ3) is 2.26. The Balaban J connectivity index is 1.82. The van der Waals surface area contributed by atoms with Crippen LogP contribution in [0.1, 0.15) is 19.3 Å². The number of aryl methyl sites for hydroxylation is 1. The van der Waals surface area contributed by atoms with E-state index in [1.54, 1.807) is 10.8 Å². The zero-order valence-corrected chi connectivity index (χ0v) is 8.24. The molecule has 0 unspecified atom stereocenters. The van der Waals surface area contributed by atoms with Crippen molar-refractivity contribution in [1.29, 1.82) is 0 Å². The molecular weight excluding hydrogens is 180 g/mol. The number of nitrogens with one attached hydrogen (secondary N) is 1. The number of hydrogen-bond acceptors (Lipinski definition) is 2. The standard InChI is InChI=1S/C10H16N2O2/c13-10-11-4-6-12(10)5-1-9-2-7-14-8-3-9/h4,6,9H,1-3,5,7-8H2,(H,11,13). The Labute approximate surface area is 82.9 Å². The molecule has 0 radical (unpaired) electrons. The summed E-state index contributed by atoms with van der Waals surface area (Å²) in [5, 5.41) is 0. The number of rotatable bonds is 3. The van der Waals surface area contributed by atoms with Crippen LogP contribution in [0.25, 0.3) is 0 Å². The van der Waals surface area contributed by atoms with Crippen molar-refractivity contribution in [2.24, 2.45) is 5.92 Å². The van der Waals surface area contributed by atoms with E-state index in [-0.39, 0.29) is 5.69 Å². The second kappa shape index (κ2) is 4.46. The van der Waals surface area contributed by atoms with E-state index in [2.05, 4.69) is 4.98 Å². The number of ether oxygens (including phenoxy) is 1. The molecule has 1 N–H and O–H groups in total. The smallest absolute Gasteiger partial charge is 0.325 e. The van der Waals surface area contributed by atoms with E-state index in [0.717, 1.165) is 44.9 Å². The Bertz CT molecular complexity index is 323. The van der Waals surface area contributed by atoms with Crippen molar-refractivity contribution in [3.8, 4) is 0 Å². The molecule has 0 amide bonds. The van der Waals surface area contributed by atoms with Gasteiger partial charge in [0, 0.05) is 32.2 Å². The van der Waals surface area contributed by atoms with Crippen molar-refractivity contribution in [1.82, 2.24) is 9.55 Å². The van der Waals surface area contributed by atoms with Gasteiger partial charge in [0.25, 0.3) is 0 Å². The summed E-state index contributed by atoms with van der Waals surface area (Å²) >= 11 is 0. The van der Waals surface area contributed by atoms with Gasteiger partial charge in [-0.15, -0.1) is 0 Å². The van der Waals surface area contributed by atoms with Crippen LogP contribution in [0.15, 0.2) is 17.2 Å². The van der Waals surface area contributed by atoms with Gasteiger partial charge in [0.1, 0.15) is 0 Å². The van der Waals surface area contributed by atoms with Crippen molar-refractivity contribution in [3.05, 3.63) is 22.9 Å². The van der Waals surface area contributed by atoms with Crippen LogP contribution in [0.3, 0.4) is 0 Å². The maximum absolute atomic E-state index is 11.2. The predicted octanol–water partition coefficient (Wildman–Crippen LogP) is 0.993. The largest absolute Gasteiger partial charge is 0.381 e. The van der Waals surface area contributed by atoms with Gasteiger partial charge < -0.3 is 9.72 Å². The molecule has 2 rings (SSSR count). The molecule has 0 atom stereocenters. The molecule has 0 saturated carbocycles. The predicted molar refractivity (Wildman–Crippen MR) is 53.2 cm³/mol. The lowest BCUT2D eigenvalue weighted by Crippen LogP contribution is -2.21. The average Bonchev–Trinajstić information content (AvgIpc) is 2.63. The minimum atomic E-state index is -0.00272. The highest BCUT2D eigenvalue weighted by Gasteiger charge is 2.13. The molecule has 0 aliphatic carbocycles. The fourth-order valence-electron chi connectivity index (χ4n) is 1.88. The lowest BCUT2D eigenvalue weighted by Gasteiger charge is -2.21. The Hall–Kier alpha value is -1.03. The summed E-state index contributed by atoms with van der Waals surface area (Å²) in [6.07, 6.45) is 6.85. The van der Waals surface area contributed by atoms with E-state index in [1.807, 2.05) is 6.20 Å². The molecular formula is C10H16N2O2. The highest BCUT2D eigenvalue weighted by Crippen LogP contribution is 2.18. The van der Waals surface area contributed by atoms with Crippen LogP contribution in [-0.2, 0) is 11.3 Å². The van der Waals surface area contributed by atoms with Crippen molar-refractivity contribution < 1.29 is 4.74 Å². The Kier molecular flexibility index (Phi) is 3.03. The number of aromatic nitrogens is 2. The van der Waals surface area contributed by atoms with Gasteiger partial charge in [0.2, 0.25) is 0 Å². The molecule has 1 aromatic heterocycles. The van der Waals surface area contributed by atoms with Crippen LogP contribution < -0.4 is 5.69 Å². The first-order valence-corrected chi connectivity index (χ1v) is 5.18. The van der Waals surface area contributed by atoms with E-state index in [9.17, 15) is 4.79 Å². The van der Waals surface area contributed by atoms with Gasteiger partial charge in [0.15, 0.2) is 0 Å². The summed E-state index contributed by atoms with van der Waals surface area (Å²) in [4.78, 5) is 13.8. The van der Waals surface area contributed by atoms with Crippen LogP contribution in [0.5, 0.6) is 0 Å². The molecule has 1 aliphatic heterocycles. The monoisotopic (exact) mass is 196 g/mol. The van der Waals surface area contributed by atoms with Gasteiger partial charge in [-0.25, -0.2) is 4.79 Å². The summed E-state index contributed by atoms with van der Waals surface area (Å²) in [5.74, 6) is 0.727. The first kappa shape index (κ1) is 9.52. The van der Waals surface area contributed by atoms with Crippen molar-refractivity contribution in [3.63, 3.8) is 0 Å². The highest BCUT2D eigenvalue weighted by molar-refractivity contribution is 4.76. The Morgan fingerprint density at radius 1 is 1.50 bits per heavy atom. The maximum atomic E-state index is 11.2. The van der Waals surface area contributed by atoms with Crippen LogP contribution in [0, 0.1) is 5.92 Å². The van der Waals surface area contributed by atoms with Gasteiger partial charge in [0.05, 0.1) is 0 Å². The zero-order valence-electron chi connectivity index (χ0n) is 8.24. The Morgan fingerprint density at radius 2 is 2.29 bits per heavy atom. The highest BCUT2D eigenvalue weighted by atomic mass is 16.5. The second-order valence-electron chi connectivity index (χ2n) is 3.80. The molecule has 2 heterocycles. The fourth-order valence-corrected chi connectivity index (χ4v) is 1.88. The molecule has 0 bridgehead atoms. The van der Waals surface area contributed by atoms with Crippen molar-refractivity contribution in [2.75, 3.05) is 13.2 Å². The number of nitrogens with zero attached hydrogens (tertiary/aromatic N) is 1. The normalized spacial score (nSPS) is 18.6. The number of hydrogen-bond donors (Lipinski definition) is 1. The molecule has 1 fully saturated rings. The first-order chi connectivity index (χ1) is 6.86. The first-order valence-electron chi connectivity index (χ1n) is 5.18. The van der Waals surface area contributed by atoms with E-state index in [0.29, 0.717) is 0 Å². The lowest BCUT2D eigenvalue weighted by molar-refractivity contribution is 0.0625. The quantitative estimate of drug-likeness (QED) is 0.783. The van der Waals surface area contributed by atoms with E-state index >= 15 is 0 Å². The number of imidazole rings is 1. The van der Waals surface area contributed by atoms with Crippen LogP contribution in [0.4, 0.5) is 0 Å². The summed E-state index contributed by atoms with van der Waals surface area (Å²) in [6.45, 7) is 2.59. The SMILES string of the molecule is O=c1[nH]ccn1CCC1CCOCC1. The molecule has 4 heteroatoms. The van der Waals surface area contributed by atoms with Crippen LogP contribution >= 0.6 is 0 Å². The summed E-state index contributed by atoms with van der Waals surface area (Å²) in [6, 6.07) is 0. The van der Waals surface area contributed by atoms with Crippen molar-refractivity contribution >= 4 is 0 Å². The number of H-pyrrole nitrogens is 1. The van der Waals surface area contributed by atoms with Gasteiger partial charge in [-0.2, -0.15) is 0 Å². The molecule has 1 saturated heterocycles. The molecule has 78 valence electrons. The van der Waals surface area contributed by atoms with Gasteiger partial charge in [-0.3, -0.25) is 4.57 Å². The molecule has 0 spiro atoms. The third-order valence-electron chi connectivity index (χ3n) is 2.84. The topological polar surface area (TPSA) is 47.0 Å². The van der Waals surface area contributed by atoms with Crippen molar-refractivity contribution in [2.45, 2.75) is 25.8 Å². The summed E-state index contributed by atoms with van der Waals surface area (Å²) in [7, 11) is 0. The van der Waals surface area contributed by atoms with E-state index < -0.39 is 0 Å². The molecule has 0 aromatic carbocycles. The molecule has 14 heavy (non-hydrogen) atoms. The second-order valence-corrected chi connectivity index (χ2v) is 3.80. The molecule has 1 aliphatic rings. The lowest BCUT2D eigenvalue weighted by atomic mass is 9.97. The van der Waals surface area contributed by atoms with Crippen LogP contribution in [0.2, 0.25) is 0 Å².